The summed E-state index contributed by atoms with van der Waals surface area (Å²) in [7, 11) is 0. The fourth-order valence-electron chi connectivity index (χ4n) is 2.01. The predicted octanol–water partition coefficient (Wildman–Crippen LogP) is -2.24. The Balaban J connectivity index is 0.00000264. The molecule has 5 unspecified atom stereocenters. The molecule has 0 bridgehead atoms. The number of ether oxygens (including phenoxy) is 2. The fraction of sp³-hybridized carbons (Fsp3) is 0.583. The number of nitrogens with zero attached hydrogens (tertiary/aromatic N) is 2. The number of esters is 1. The zero-order valence-electron chi connectivity index (χ0n) is 12.2. The van der Waals surface area contributed by atoms with E-state index < -0.39 is 42.2 Å². The molecule has 1 aliphatic heterocycles. The Bertz CT molecular complexity index is 609. The number of rotatable bonds is 4. The van der Waals surface area contributed by atoms with Gasteiger partial charge in [0.05, 0.1) is 0 Å². The lowest BCUT2D eigenvalue weighted by Crippen LogP contribution is -2.37. The van der Waals surface area contributed by atoms with Crippen LogP contribution in [0.2, 0.25) is 0 Å². The summed E-state index contributed by atoms with van der Waals surface area (Å²) in [5.41, 5.74) is 9.99. The number of carbonyl (C=O) groups excluding carboxylic acids is 1. The third kappa shape index (κ3) is 4.18. The van der Waals surface area contributed by atoms with Crippen molar-refractivity contribution in [3.05, 3.63) is 22.7 Å². The fourth-order valence-corrected chi connectivity index (χ4v) is 2.01. The number of aliphatic hydroxyl groups excluding tert-OH is 2. The molecule has 1 aliphatic rings. The molecule has 0 aromatic carbocycles. The highest BCUT2D eigenvalue weighted by atomic mass is 35.5. The molecule has 10 nitrogen and oxygen atoms in total. The van der Waals surface area contributed by atoms with Gasteiger partial charge < -0.3 is 31.2 Å². The van der Waals surface area contributed by atoms with E-state index in [9.17, 15) is 19.8 Å². The maximum Gasteiger partial charge on any atom is 0.351 e. The molecule has 1 fully saturated rings. The van der Waals surface area contributed by atoms with Gasteiger partial charge in [0.15, 0.2) is 6.23 Å². The molecule has 130 valence electrons. The summed E-state index contributed by atoms with van der Waals surface area (Å²) in [6.07, 6.45) is -3.58. The van der Waals surface area contributed by atoms with Crippen LogP contribution in [0, 0.1) is 0 Å². The predicted molar refractivity (Wildman–Crippen MR) is 80.7 cm³/mol. The molecule has 5 atom stereocenters. The molecule has 11 heteroatoms. The summed E-state index contributed by atoms with van der Waals surface area (Å²) in [6.45, 7) is 1.15. The second kappa shape index (κ2) is 7.70. The quantitative estimate of drug-likeness (QED) is 0.439. The summed E-state index contributed by atoms with van der Waals surface area (Å²) in [4.78, 5) is 26.6. The third-order valence-corrected chi connectivity index (χ3v) is 3.22. The highest BCUT2D eigenvalue weighted by molar-refractivity contribution is 5.85. The van der Waals surface area contributed by atoms with E-state index in [-0.39, 0.29) is 24.8 Å². The van der Waals surface area contributed by atoms with E-state index in [2.05, 4.69) is 4.98 Å². The van der Waals surface area contributed by atoms with Crippen LogP contribution in [0.1, 0.15) is 13.2 Å². The smallest absolute Gasteiger partial charge is 0.351 e. The van der Waals surface area contributed by atoms with Gasteiger partial charge >= 0.3 is 11.7 Å². The number of nitrogens with two attached hydrogens (primary N) is 2. The zero-order chi connectivity index (χ0) is 16.4. The minimum atomic E-state index is -1.39. The minimum absolute atomic E-state index is 0. The molecular formula is C12H19ClN4O6. The van der Waals surface area contributed by atoms with Gasteiger partial charge in [0.25, 0.3) is 0 Å². The highest BCUT2D eigenvalue weighted by Gasteiger charge is 2.44. The number of hydrogen-bond acceptors (Lipinski definition) is 9. The Morgan fingerprint density at radius 2 is 2.17 bits per heavy atom. The van der Waals surface area contributed by atoms with Crippen molar-refractivity contribution in [3.63, 3.8) is 0 Å². The minimum Gasteiger partial charge on any atom is -0.462 e. The average molecular weight is 351 g/mol. The van der Waals surface area contributed by atoms with Crippen molar-refractivity contribution < 1.29 is 24.5 Å². The molecule has 0 radical (unpaired) electrons. The van der Waals surface area contributed by atoms with E-state index in [1.165, 1.54) is 19.2 Å². The molecule has 0 spiro atoms. The first-order valence-corrected chi connectivity index (χ1v) is 6.59. The first-order valence-electron chi connectivity index (χ1n) is 6.59. The van der Waals surface area contributed by atoms with E-state index in [4.69, 9.17) is 20.9 Å². The number of hydrogen-bond donors (Lipinski definition) is 4. The van der Waals surface area contributed by atoms with E-state index in [1.807, 2.05) is 0 Å². The third-order valence-electron chi connectivity index (χ3n) is 3.22. The van der Waals surface area contributed by atoms with Crippen molar-refractivity contribution in [1.82, 2.24) is 9.55 Å². The largest absolute Gasteiger partial charge is 0.462 e. The van der Waals surface area contributed by atoms with Gasteiger partial charge in [-0.3, -0.25) is 9.36 Å². The Morgan fingerprint density at radius 1 is 1.52 bits per heavy atom. The SMILES string of the molecule is CC(N)C(=O)OCC1OC(n2ccc(N)nc2=O)C(O)C1O.Cl. The van der Waals surface area contributed by atoms with E-state index in [0.717, 1.165) is 4.57 Å². The topological polar surface area (TPSA) is 163 Å². The van der Waals surface area contributed by atoms with Crippen molar-refractivity contribution in [2.45, 2.75) is 37.5 Å². The van der Waals surface area contributed by atoms with Gasteiger partial charge in [0.1, 0.15) is 36.8 Å². The summed E-state index contributed by atoms with van der Waals surface area (Å²) >= 11 is 0. The molecule has 2 heterocycles. The molecular weight excluding hydrogens is 332 g/mol. The van der Waals surface area contributed by atoms with Gasteiger partial charge in [-0.05, 0) is 13.0 Å². The molecule has 0 saturated carbocycles. The van der Waals surface area contributed by atoms with Crippen LogP contribution in [-0.2, 0) is 14.3 Å². The molecule has 1 aromatic heterocycles. The van der Waals surface area contributed by atoms with Crippen LogP contribution in [0.5, 0.6) is 0 Å². The number of aromatic nitrogens is 2. The zero-order valence-corrected chi connectivity index (χ0v) is 13.0. The molecule has 0 amide bonds. The molecule has 0 aliphatic carbocycles. The lowest BCUT2D eigenvalue weighted by atomic mass is 10.1. The van der Waals surface area contributed by atoms with Crippen LogP contribution in [0.15, 0.2) is 17.1 Å². The number of carbonyl (C=O) groups is 1. The van der Waals surface area contributed by atoms with Crippen LogP contribution in [-0.4, -0.2) is 56.7 Å². The molecule has 1 saturated heterocycles. The van der Waals surface area contributed by atoms with Crippen molar-refractivity contribution in [2.75, 3.05) is 12.3 Å². The van der Waals surface area contributed by atoms with Crippen LogP contribution in [0.3, 0.4) is 0 Å². The monoisotopic (exact) mass is 350 g/mol. The Hall–Kier alpha value is -1.72. The maximum atomic E-state index is 11.7. The summed E-state index contributed by atoms with van der Waals surface area (Å²) in [5, 5.41) is 19.9. The average Bonchev–Trinajstić information content (AvgIpc) is 2.73. The highest BCUT2D eigenvalue weighted by Crippen LogP contribution is 2.28. The lowest BCUT2D eigenvalue weighted by molar-refractivity contribution is -0.151. The van der Waals surface area contributed by atoms with Gasteiger partial charge in [0.2, 0.25) is 0 Å². The van der Waals surface area contributed by atoms with Crippen LogP contribution >= 0.6 is 12.4 Å². The van der Waals surface area contributed by atoms with Gasteiger partial charge in [-0.2, -0.15) is 4.98 Å². The molecule has 6 N–H and O–H groups in total. The number of halogens is 1. The molecule has 23 heavy (non-hydrogen) atoms. The summed E-state index contributed by atoms with van der Waals surface area (Å²) in [5.74, 6) is -0.642. The lowest BCUT2D eigenvalue weighted by Gasteiger charge is -2.17. The second-order valence-corrected chi connectivity index (χ2v) is 5.01. The van der Waals surface area contributed by atoms with Gasteiger partial charge in [-0.1, -0.05) is 0 Å². The number of anilines is 1. The molecule has 1 aromatic rings. The standard InChI is InChI=1S/C12H18N4O6.ClH/c1-5(13)11(19)21-4-6-8(17)9(18)10(22-6)16-3-2-7(14)15-12(16)20;/h2-3,5-6,8-10,17-18H,4,13H2,1H3,(H2,14,15,20);1H. The second-order valence-electron chi connectivity index (χ2n) is 5.01. The van der Waals surface area contributed by atoms with E-state index in [1.54, 1.807) is 0 Å². The van der Waals surface area contributed by atoms with E-state index in [0.29, 0.717) is 0 Å². The first kappa shape index (κ1) is 19.3. The summed E-state index contributed by atoms with van der Waals surface area (Å²) in [6, 6.07) is 0.538. The van der Waals surface area contributed by atoms with Gasteiger partial charge in [0, 0.05) is 6.20 Å². The summed E-state index contributed by atoms with van der Waals surface area (Å²) < 4.78 is 11.2. The maximum absolute atomic E-state index is 11.7. The normalized spacial score (nSPS) is 28.0. The van der Waals surface area contributed by atoms with Gasteiger partial charge in [-0.25, -0.2) is 4.79 Å². The Labute approximate surface area is 137 Å². The molecule has 2 rings (SSSR count). The van der Waals surface area contributed by atoms with Crippen molar-refractivity contribution in [1.29, 1.82) is 0 Å². The Kier molecular flexibility index (Phi) is 6.47. The van der Waals surface area contributed by atoms with Gasteiger partial charge in [-0.15, -0.1) is 12.4 Å². The van der Waals surface area contributed by atoms with Crippen molar-refractivity contribution >= 4 is 24.2 Å². The van der Waals surface area contributed by atoms with Crippen LogP contribution in [0.25, 0.3) is 0 Å². The number of aliphatic hydroxyl groups is 2. The first-order chi connectivity index (χ1) is 10.3. The van der Waals surface area contributed by atoms with Crippen molar-refractivity contribution in [2.24, 2.45) is 5.73 Å². The van der Waals surface area contributed by atoms with Crippen molar-refractivity contribution in [3.8, 4) is 0 Å². The number of nitrogen functional groups attached to an aromatic ring is 1. The van der Waals surface area contributed by atoms with E-state index >= 15 is 0 Å². The van der Waals surface area contributed by atoms with Crippen LogP contribution < -0.4 is 17.2 Å². The Morgan fingerprint density at radius 3 is 2.74 bits per heavy atom. The van der Waals surface area contributed by atoms with Crippen LogP contribution in [0.4, 0.5) is 5.82 Å².